The zero-order chi connectivity index (χ0) is 14.0. The van der Waals surface area contributed by atoms with Crippen molar-refractivity contribution in [2.24, 2.45) is 5.92 Å². The van der Waals surface area contributed by atoms with Crippen molar-refractivity contribution < 1.29 is 14.1 Å². The molecule has 0 aliphatic heterocycles. The van der Waals surface area contributed by atoms with E-state index in [0.29, 0.717) is 5.92 Å². The van der Waals surface area contributed by atoms with Gasteiger partial charge in [-0.3, -0.25) is 14.9 Å². The van der Waals surface area contributed by atoms with Crippen molar-refractivity contribution in [3.63, 3.8) is 0 Å². The molecule has 102 valence electrons. The first-order valence-electron chi connectivity index (χ1n) is 5.84. The molecule has 0 saturated heterocycles. The molecule has 0 bridgehead atoms. The summed E-state index contributed by atoms with van der Waals surface area (Å²) in [5.41, 5.74) is -0.527. The summed E-state index contributed by atoms with van der Waals surface area (Å²) in [6.07, 6.45) is 2.10. The molecule has 1 aromatic rings. The summed E-state index contributed by atoms with van der Waals surface area (Å²) in [5.74, 6) is -0.957. The third-order valence-electron chi connectivity index (χ3n) is 2.95. The minimum Gasteiger partial charge on any atom is -0.351 e. The zero-order valence-corrected chi connectivity index (χ0v) is 10.7. The van der Waals surface area contributed by atoms with Crippen molar-refractivity contribution in [1.82, 2.24) is 5.32 Å². The first kappa shape index (κ1) is 13.7. The molecular formula is C12H12ClFN2O3. The van der Waals surface area contributed by atoms with Gasteiger partial charge >= 0.3 is 0 Å². The lowest BCUT2D eigenvalue weighted by molar-refractivity contribution is -0.385. The highest BCUT2D eigenvalue weighted by Gasteiger charge is 2.29. The normalized spacial score (nSPS) is 15.9. The number of benzene rings is 1. The molecule has 1 N–H and O–H groups in total. The number of nitro benzene ring substituents is 1. The third-order valence-corrected chi connectivity index (χ3v) is 3.46. The Bertz CT molecular complexity index is 520. The maximum atomic E-state index is 13.2. The van der Waals surface area contributed by atoms with Gasteiger partial charge in [-0.05, 0) is 24.8 Å². The first-order valence-corrected chi connectivity index (χ1v) is 6.28. The molecule has 2 rings (SSSR count). The van der Waals surface area contributed by atoms with Crippen LogP contribution in [0.2, 0.25) is 0 Å². The Morgan fingerprint density at radius 1 is 1.53 bits per heavy atom. The molecule has 1 aliphatic carbocycles. The number of non-ortho nitro benzene ring substituents is 1. The summed E-state index contributed by atoms with van der Waals surface area (Å²) in [7, 11) is 0. The Hall–Kier alpha value is -1.69. The molecule has 1 aliphatic rings. The Morgan fingerprint density at radius 3 is 2.79 bits per heavy atom. The van der Waals surface area contributed by atoms with Gasteiger partial charge in [0.15, 0.2) is 0 Å². The van der Waals surface area contributed by atoms with Gasteiger partial charge in [-0.2, -0.15) is 0 Å². The predicted octanol–water partition coefficient (Wildman–Crippen LogP) is 2.48. The lowest BCUT2D eigenvalue weighted by atomic mass is 10.1. The first-order chi connectivity index (χ1) is 8.97. The molecule has 7 heteroatoms. The number of nitrogens with zero attached hydrogens (tertiary/aromatic N) is 1. The average Bonchev–Trinajstić information content (AvgIpc) is 3.18. The summed E-state index contributed by atoms with van der Waals surface area (Å²) in [6, 6.07) is 2.77. The number of halogens is 2. The van der Waals surface area contributed by atoms with E-state index in [1.165, 1.54) is 0 Å². The maximum Gasteiger partial charge on any atom is 0.273 e. The quantitative estimate of drug-likeness (QED) is 0.513. The number of nitrogens with one attached hydrogen (secondary N) is 1. The molecule has 5 nitrogen and oxygen atoms in total. The number of carbonyl (C=O) groups is 1. The van der Waals surface area contributed by atoms with E-state index in [-0.39, 0.29) is 17.5 Å². The van der Waals surface area contributed by atoms with Crippen LogP contribution >= 0.6 is 11.6 Å². The van der Waals surface area contributed by atoms with Crippen LogP contribution < -0.4 is 5.32 Å². The van der Waals surface area contributed by atoms with Gasteiger partial charge in [-0.1, -0.05) is 0 Å². The van der Waals surface area contributed by atoms with E-state index in [0.717, 1.165) is 31.0 Å². The molecule has 0 aromatic heterocycles. The number of hydrogen-bond donors (Lipinski definition) is 1. The van der Waals surface area contributed by atoms with Gasteiger partial charge in [0, 0.05) is 18.2 Å². The van der Waals surface area contributed by atoms with Crippen LogP contribution in [-0.2, 0) is 0 Å². The summed E-state index contributed by atoms with van der Waals surface area (Å²) in [5, 5.41) is 13.0. The Kier molecular flexibility index (Phi) is 3.99. The van der Waals surface area contributed by atoms with Gasteiger partial charge in [-0.15, -0.1) is 11.6 Å². The number of alkyl halides is 1. The van der Waals surface area contributed by atoms with E-state index < -0.39 is 22.3 Å². The van der Waals surface area contributed by atoms with Crippen molar-refractivity contribution in [2.45, 2.75) is 18.2 Å². The van der Waals surface area contributed by atoms with Gasteiger partial charge in [0.1, 0.15) is 5.82 Å². The second kappa shape index (κ2) is 5.52. The van der Waals surface area contributed by atoms with Crippen LogP contribution in [0.15, 0.2) is 18.2 Å². The molecule has 1 unspecified atom stereocenters. The van der Waals surface area contributed by atoms with Gasteiger partial charge < -0.3 is 5.32 Å². The van der Waals surface area contributed by atoms with Crippen molar-refractivity contribution in [1.29, 1.82) is 0 Å². The topological polar surface area (TPSA) is 72.2 Å². The Balaban J connectivity index is 2.03. The smallest absolute Gasteiger partial charge is 0.273 e. The largest absolute Gasteiger partial charge is 0.351 e. The van der Waals surface area contributed by atoms with Crippen LogP contribution in [0.5, 0.6) is 0 Å². The lowest BCUT2D eigenvalue weighted by Crippen LogP contribution is -2.30. The molecule has 0 radical (unpaired) electrons. The second-order valence-electron chi connectivity index (χ2n) is 4.52. The minimum atomic E-state index is -0.816. The summed E-state index contributed by atoms with van der Waals surface area (Å²) < 4.78 is 13.2. The van der Waals surface area contributed by atoms with Crippen LogP contribution in [-0.4, -0.2) is 22.8 Å². The Labute approximate surface area is 113 Å². The number of rotatable bonds is 5. The van der Waals surface area contributed by atoms with E-state index >= 15 is 0 Å². The minimum absolute atomic E-state index is 0.0774. The Morgan fingerprint density at radius 2 is 2.21 bits per heavy atom. The fraction of sp³-hybridized carbons (Fsp3) is 0.417. The highest BCUT2D eigenvalue weighted by Crippen LogP contribution is 2.35. The van der Waals surface area contributed by atoms with Crippen LogP contribution in [0.4, 0.5) is 10.1 Å². The standard InChI is InChI=1S/C12H12ClFN2O3/c13-11(7-1-2-7)6-15-12(17)8-3-9(14)5-10(4-8)16(18)19/h3-5,7,11H,1-2,6H2,(H,15,17). The predicted molar refractivity (Wildman–Crippen MR) is 67.8 cm³/mol. The molecule has 1 amide bonds. The van der Waals surface area contributed by atoms with Crippen LogP contribution in [0.25, 0.3) is 0 Å². The van der Waals surface area contributed by atoms with Gasteiger partial charge in [-0.25, -0.2) is 4.39 Å². The summed E-state index contributed by atoms with van der Waals surface area (Å²) in [4.78, 5) is 21.6. The summed E-state index contributed by atoms with van der Waals surface area (Å²) >= 11 is 6.03. The van der Waals surface area contributed by atoms with Gasteiger partial charge in [0.2, 0.25) is 0 Å². The van der Waals surface area contributed by atoms with E-state index in [1.807, 2.05) is 0 Å². The SMILES string of the molecule is O=C(NCC(Cl)C1CC1)c1cc(F)cc([N+](=O)[O-])c1. The molecule has 1 atom stereocenters. The number of hydrogen-bond acceptors (Lipinski definition) is 3. The van der Waals surface area contributed by atoms with E-state index in [9.17, 15) is 19.3 Å². The average molecular weight is 287 g/mol. The third kappa shape index (κ3) is 3.64. The van der Waals surface area contributed by atoms with Crippen molar-refractivity contribution in [3.8, 4) is 0 Å². The van der Waals surface area contributed by atoms with E-state index in [2.05, 4.69) is 5.32 Å². The molecule has 1 saturated carbocycles. The zero-order valence-electron chi connectivity index (χ0n) is 9.94. The number of nitro groups is 1. The maximum absolute atomic E-state index is 13.2. The van der Waals surface area contributed by atoms with Crippen LogP contribution in [0.3, 0.4) is 0 Å². The summed E-state index contributed by atoms with van der Waals surface area (Å²) in [6.45, 7) is 0.273. The van der Waals surface area contributed by atoms with Crippen LogP contribution in [0, 0.1) is 21.8 Å². The lowest BCUT2D eigenvalue weighted by Gasteiger charge is -2.09. The van der Waals surface area contributed by atoms with Crippen molar-refractivity contribution in [2.75, 3.05) is 6.54 Å². The molecule has 0 spiro atoms. The fourth-order valence-corrected chi connectivity index (χ4v) is 2.06. The number of carbonyl (C=O) groups excluding carboxylic acids is 1. The molecule has 19 heavy (non-hydrogen) atoms. The molecule has 1 aromatic carbocycles. The fourth-order valence-electron chi connectivity index (χ4n) is 1.73. The highest BCUT2D eigenvalue weighted by molar-refractivity contribution is 6.21. The molecule has 1 fully saturated rings. The highest BCUT2D eigenvalue weighted by atomic mass is 35.5. The van der Waals surface area contributed by atoms with E-state index in [1.54, 1.807) is 0 Å². The monoisotopic (exact) mass is 286 g/mol. The van der Waals surface area contributed by atoms with Crippen molar-refractivity contribution >= 4 is 23.2 Å². The van der Waals surface area contributed by atoms with Crippen molar-refractivity contribution in [3.05, 3.63) is 39.7 Å². The molecule has 0 heterocycles. The van der Waals surface area contributed by atoms with Gasteiger partial charge in [0.25, 0.3) is 11.6 Å². The van der Waals surface area contributed by atoms with Crippen LogP contribution in [0.1, 0.15) is 23.2 Å². The van der Waals surface area contributed by atoms with Gasteiger partial charge in [0.05, 0.1) is 16.4 Å². The van der Waals surface area contributed by atoms with E-state index in [4.69, 9.17) is 11.6 Å². The molecular weight excluding hydrogens is 275 g/mol. The second-order valence-corrected chi connectivity index (χ2v) is 5.08. The number of amides is 1.